The minimum atomic E-state index is 0. The lowest BCUT2D eigenvalue weighted by Crippen LogP contribution is -1.85. The molecule has 0 N–H and O–H groups in total. The number of rotatable bonds is 0. The maximum atomic E-state index is 2.00. The van der Waals surface area contributed by atoms with Gasteiger partial charge in [-0.3, -0.25) is 0 Å². The summed E-state index contributed by atoms with van der Waals surface area (Å²) in [6.07, 6.45) is 9.00. The van der Waals surface area contributed by atoms with Crippen LogP contribution in [0.5, 0.6) is 0 Å². The standard InChI is InChI=1S/C6H12.C6H6.4C2H6.H2/c2*1-2-4-6-5-3-1;4*1-2;/h1-6H2;1-6H;4*1-2H3;1H. The van der Waals surface area contributed by atoms with Crippen molar-refractivity contribution in [3.8, 4) is 0 Å². The number of hydrogen-bond donors (Lipinski definition) is 0. The van der Waals surface area contributed by atoms with Crippen molar-refractivity contribution in [2.45, 2.75) is 93.9 Å². The zero-order valence-electron chi connectivity index (χ0n) is 15.7. The van der Waals surface area contributed by atoms with Crippen LogP contribution in [-0.4, -0.2) is 0 Å². The molecule has 1 aliphatic rings. The Morgan fingerprint density at radius 1 is 0.350 bits per heavy atom. The van der Waals surface area contributed by atoms with Gasteiger partial charge in [-0.2, -0.15) is 0 Å². The second kappa shape index (κ2) is 42.9. The average Bonchev–Trinajstić information content (AvgIpc) is 2.65. The molecule has 0 aromatic heterocycles. The van der Waals surface area contributed by atoms with Crippen molar-refractivity contribution in [1.82, 2.24) is 0 Å². The third-order valence-corrected chi connectivity index (χ3v) is 2.17. The van der Waals surface area contributed by atoms with Crippen molar-refractivity contribution in [2.24, 2.45) is 0 Å². The molecule has 0 spiro atoms. The van der Waals surface area contributed by atoms with Gasteiger partial charge in [-0.05, 0) is 0 Å². The van der Waals surface area contributed by atoms with Crippen LogP contribution in [0.25, 0.3) is 0 Å². The maximum absolute atomic E-state index is 2.00. The third kappa shape index (κ3) is 36.0. The van der Waals surface area contributed by atoms with Crippen molar-refractivity contribution < 1.29 is 1.43 Å². The van der Waals surface area contributed by atoms with Crippen LogP contribution in [0.3, 0.4) is 0 Å². The van der Waals surface area contributed by atoms with Gasteiger partial charge in [-0.15, -0.1) is 0 Å². The third-order valence-electron chi connectivity index (χ3n) is 2.17. The highest BCUT2D eigenvalue weighted by atomic mass is 14.0. The van der Waals surface area contributed by atoms with E-state index in [1.165, 1.54) is 38.5 Å². The van der Waals surface area contributed by atoms with E-state index in [4.69, 9.17) is 0 Å². The molecule has 0 nitrogen and oxygen atoms in total. The van der Waals surface area contributed by atoms with Crippen LogP contribution < -0.4 is 0 Å². The fourth-order valence-electron chi connectivity index (χ4n) is 1.45. The van der Waals surface area contributed by atoms with Crippen molar-refractivity contribution in [2.75, 3.05) is 0 Å². The maximum Gasteiger partial charge on any atom is 0 e. The summed E-state index contributed by atoms with van der Waals surface area (Å²) in [5.74, 6) is 0. The molecule has 0 heteroatoms. The van der Waals surface area contributed by atoms with E-state index in [1.807, 2.05) is 91.8 Å². The van der Waals surface area contributed by atoms with Crippen LogP contribution >= 0.6 is 0 Å². The Kier molecular flexibility index (Phi) is 59.1. The number of hydrogen-bond acceptors (Lipinski definition) is 0. The lowest BCUT2D eigenvalue weighted by atomic mass is 10.0. The summed E-state index contributed by atoms with van der Waals surface area (Å²) in [6, 6.07) is 12.0. The highest BCUT2D eigenvalue weighted by Gasteiger charge is 1.95. The molecule has 124 valence electrons. The summed E-state index contributed by atoms with van der Waals surface area (Å²) in [5, 5.41) is 0. The minimum Gasteiger partial charge on any atom is -0.0683 e. The van der Waals surface area contributed by atoms with Gasteiger partial charge < -0.3 is 0 Å². The summed E-state index contributed by atoms with van der Waals surface area (Å²) in [5.41, 5.74) is 0. The summed E-state index contributed by atoms with van der Waals surface area (Å²) in [7, 11) is 0. The highest BCUT2D eigenvalue weighted by molar-refractivity contribution is 4.99. The highest BCUT2D eigenvalue weighted by Crippen LogP contribution is 2.15. The molecule has 0 aliphatic heterocycles. The van der Waals surface area contributed by atoms with E-state index in [0.29, 0.717) is 0 Å². The van der Waals surface area contributed by atoms with Crippen LogP contribution in [0.4, 0.5) is 0 Å². The van der Waals surface area contributed by atoms with E-state index in [2.05, 4.69) is 0 Å². The zero-order chi connectivity index (χ0) is 16.5. The van der Waals surface area contributed by atoms with Gasteiger partial charge in [-0.1, -0.05) is 130 Å². The second-order valence-electron chi connectivity index (χ2n) is 3.28. The van der Waals surface area contributed by atoms with Crippen LogP contribution in [0, 0.1) is 0 Å². The van der Waals surface area contributed by atoms with E-state index < -0.39 is 0 Å². The first-order valence-electron chi connectivity index (χ1n) is 9.00. The minimum absolute atomic E-state index is 0. The smallest absolute Gasteiger partial charge is 0 e. The molecule has 0 saturated heterocycles. The molecule has 0 unspecified atom stereocenters. The molecule has 1 aliphatic carbocycles. The van der Waals surface area contributed by atoms with Gasteiger partial charge in [0.2, 0.25) is 0 Å². The Morgan fingerprint density at radius 3 is 0.550 bits per heavy atom. The average molecular weight is 285 g/mol. The van der Waals surface area contributed by atoms with Crippen LogP contribution in [0.2, 0.25) is 0 Å². The van der Waals surface area contributed by atoms with Gasteiger partial charge in [-0.25, -0.2) is 0 Å². The van der Waals surface area contributed by atoms with E-state index >= 15 is 0 Å². The first-order valence-corrected chi connectivity index (χ1v) is 9.00. The number of benzene rings is 1. The zero-order valence-corrected chi connectivity index (χ0v) is 15.7. The molecular weight excluding hydrogens is 240 g/mol. The van der Waals surface area contributed by atoms with Crippen LogP contribution in [0.1, 0.15) is 95.3 Å². The van der Waals surface area contributed by atoms with Crippen molar-refractivity contribution in [1.29, 1.82) is 0 Å². The van der Waals surface area contributed by atoms with Gasteiger partial charge in [0.05, 0.1) is 0 Å². The van der Waals surface area contributed by atoms with Gasteiger partial charge in [0.25, 0.3) is 0 Å². The molecule has 0 radical (unpaired) electrons. The van der Waals surface area contributed by atoms with Crippen molar-refractivity contribution in [3.05, 3.63) is 36.4 Å². The van der Waals surface area contributed by atoms with E-state index in [1.54, 1.807) is 0 Å². The molecule has 0 amide bonds. The first-order chi connectivity index (χ1) is 10.0. The van der Waals surface area contributed by atoms with Crippen LogP contribution in [-0.2, 0) is 0 Å². The molecule has 1 aromatic rings. The molecule has 1 aromatic carbocycles. The SMILES string of the molecule is C1CCCCC1.CC.CC.CC.CC.[HH].c1ccccc1. The molecule has 0 bridgehead atoms. The molecule has 2 rings (SSSR count). The largest absolute Gasteiger partial charge is 0.0683 e. The Morgan fingerprint density at radius 2 is 0.450 bits per heavy atom. The monoisotopic (exact) mass is 284 g/mol. The molecule has 0 atom stereocenters. The van der Waals surface area contributed by atoms with Gasteiger partial charge in [0, 0.05) is 1.43 Å². The van der Waals surface area contributed by atoms with Gasteiger partial charge in [0.15, 0.2) is 0 Å². The molecule has 1 fully saturated rings. The predicted octanol–water partition coefficient (Wildman–Crippen LogP) is 8.38. The van der Waals surface area contributed by atoms with E-state index in [-0.39, 0.29) is 1.43 Å². The topological polar surface area (TPSA) is 0 Å². The summed E-state index contributed by atoms with van der Waals surface area (Å²) < 4.78 is 0. The lowest BCUT2D eigenvalue weighted by Gasteiger charge is -2.05. The molecule has 20 heavy (non-hydrogen) atoms. The van der Waals surface area contributed by atoms with Crippen molar-refractivity contribution in [3.63, 3.8) is 0 Å². The van der Waals surface area contributed by atoms with Crippen LogP contribution in [0.15, 0.2) is 36.4 Å². The quantitative estimate of drug-likeness (QED) is 0.448. The van der Waals surface area contributed by atoms with Crippen molar-refractivity contribution >= 4 is 0 Å². The van der Waals surface area contributed by atoms with Gasteiger partial charge >= 0.3 is 0 Å². The molecule has 0 heterocycles. The Labute approximate surface area is 132 Å². The molecular formula is C20H44. The summed E-state index contributed by atoms with van der Waals surface area (Å²) in [6.45, 7) is 16.0. The lowest BCUT2D eigenvalue weighted by molar-refractivity contribution is 0.504. The fraction of sp³-hybridized carbons (Fsp3) is 0.700. The molecule has 1 saturated carbocycles. The second-order valence-corrected chi connectivity index (χ2v) is 3.28. The Balaban J connectivity index is -0.0000000539. The van der Waals surface area contributed by atoms with Gasteiger partial charge in [0.1, 0.15) is 0 Å². The summed E-state index contributed by atoms with van der Waals surface area (Å²) in [4.78, 5) is 0. The first kappa shape index (κ1) is 27.5. The summed E-state index contributed by atoms with van der Waals surface area (Å²) >= 11 is 0. The van der Waals surface area contributed by atoms with E-state index in [0.717, 1.165) is 0 Å². The Hall–Kier alpha value is -0.780. The fourth-order valence-corrected chi connectivity index (χ4v) is 1.45. The normalized spacial score (nSPS) is 10.8. The predicted molar refractivity (Wildman–Crippen MR) is 102 cm³/mol. The Bertz CT molecular complexity index is 130. The van der Waals surface area contributed by atoms with E-state index in [9.17, 15) is 0 Å².